The molecule has 0 bridgehead atoms. The topological polar surface area (TPSA) is 67.9 Å². The first-order valence-corrected chi connectivity index (χ1v) is 12.3. The summed E-state index contributed by atoms with van der Waals surface area (Å²) >= 11 is 0. The summed E-state index contributed by atoms with van der Waals surface area (Å²) in [4.78, 5) is 27.1. The number of amides is 2. The number of carbonyl (C=O) groups is 2. The molecule has 3 aliphatic rings. The van der Waals surface area contributed by atoms with Crippen LogP contribution in [-0.2, 0) is 29.1 Å². The summed E-state index contributed by atoms with van der Waals surface area (Å²) in [6.07, 6.45) is 5.94. The van der Waals surface area contributed by atoms with E-state index in [4.69, 9.17) is 9.47 Å². The molecule has 0 aliphatic carbocycles. The van der Waals surface area contributed by atoms with Gasteiger partial charge >= 0.3 is 0 Å². The first-order valence-electron chi connectivity index (χ1n) is 12.3. The molecule has 0 aromatic heterocycles. The van der Waals surface area contributed by atoms with Gasteiger partial charge in [0.2, 0.25) is 5.91 Å². The van der Waals surface area contributed by atoms with E-state index in [1.54, 1.807) is 4.90 Å². The second-order valence-corrected chi connectivity index (χ2v) is 9.56. The van der Waals surface area contributed by atoms with E-state index in [0.29, 0.717) is 43.0 Å². The SMILES string of the molecule is C=C1CCC(N2Cc3c(OCc4ccc(CCC5CCOCC5)cc4)cccc3C2=O)C(=O)N1. The molecular weight excluding hydrogens is 428 g/mol. The molecule has 1 atom stereocenters. The predicted molar refractivity (Wildman–Crippen MR) is 129 cm³/mol. The number of hydrogen-bond acceptors (Lipinski definition) is 4. The molecule has 0 saturated carbocycles. The molecular formula is C28H32N2O4. The van der Waals surface area contributed by atoms with E-state index in [-0.39, 0.29) is 11.8 Å². The van der Waals surface area contributed by atoms with E-state index >= 15 is 0 Å². The number of fused-ring (bicyclic) bond motifs is 1. The highest BCUT2D eigenvalue weighted by Gasteiger charge is 2.39. The van der Waals surface area contributed by atoms with Gasteiger partial charge in [0.1, 0.15) is 18.4 Å². The summed E-state index contributed by atoms with van der Waals surface area (Å²) in [5, 5.41) is 2.78. The van der Waals surface area contributed by atoms with E-state index in [2.05, 4.69) is 36.2 Å². The third-order valence-electron chi connectivity index (χ3n) is 7.25. The standard InChI is InChI=1S/C28H32N2O4/c1-19-5-12-25(27(31)29-19)30-17-24-23(28(30)32)3-2-4-26(24)34-18-22-10-8-20(9-11-22)6-7-21-13-15-33-16-14-21/h2-4,8-11,21,25H,1,5-7,12-18H2,(H,29,31). The summed E-state index contributed by atoms with van der Waals surface area (Å²) in [5.74, 6) is 1.22. The van der Waals surface area contributed by atoms with Gasteiger partial charge in [-0.3, -0.25) is 9.59 Å². The van der Waals surface area contributed by atoms with Crippen LogP contribution < -0.4 is 10.1 Å². The highest BCUT2D eigenvalue weighted by molar-refractivity contribution is 6.02. The van der Waals surface area contributed by atoms with Crippen molar-refractivity contribution in [2.45, 2.75) is 57.7 Å². The van der Waals surface area contributed by atoms with Crippen LogP contribution in [0, 0.1) is 5.92 Å². The Morgan fingerprint density at radius 1 is 1.03 bits per heavy atom. The Labute approximate surface area is 200 Å². The second kappa shape index (κ2) is 10.0. The molecule has 2 fully saturated rings. The molecule has 2 aromatic rings. The van der Waals surface area contributed by atoms with Crippen LogP contribution in [0.3, 0.4) is 0 Å². The van der Waals surface area contributed by atoms with Gasteiger partial charge in [-0.1, -0.05) is 36.9 Å². The lowest BCUT2D eigenvalue weighted by Gasteiger charge is -2.31. The van der Waals surface area contributed by atoms with Gasteiger partial charge in [0.25, 0.3) is 5.91 Å². The van der Waals surface area contributed by atoms with Crippen LogP contribution in [0.15, 0.2) is 54.7 Å². The molecule has 1 N–H and O–H groups in total. The first kappa shape index (κ1) is 22.7. The van der Waals surface area contributed by atoms with E-state index in [0.717, 1.165) is 36.7 Å². The normalized spacial score (nSPS) is 20.9. The van der Waals surface area contributed by atoms with Gasteiger partial charge in [-0.2, -0.15) is 0 Å². The van der Waals surface area contributed by atoms with Crippen molar-refractivity contribution in [1.82, 2.24) is 10.2 Å². The molecule has 34 heavy (non-hydrogen) atoms. The molecule has 5 rings (SSSR count). The Bertz CT molecular complexity index is 1070. The van der Waals surface area contributed by atoms with Crippen molar-refractivity contribution in [2.24, 2.45) is 5.92 Å². The van der Waals surface area contributed by atoms with Crippen molar-refractivity contribution in [3.8, 4) is 5.75 Å². The highest BCUT2D eigenvalue weighted by atomic mass is 16.5. The third kappa shape index (κ3) is 4.87. The number of rotatable bonds is 7. The van der Waals surface area contributed by atoms with Crippen molar-refractivity contribution in [3.05, 3.63) is 77.0 Å². The Balaban J connectivity index is 1.19. The summed E-state index contributed by atoms with van der Waals surface area (Å²) in [6, 6.07) is 13.7. The molecule has 2 aromatic carbocycles. The van der Waals surface area contributed by atoms with Crippen molar-refractivity contribution >= 4 is 11.8 Å². The van der Waals surface area contributed by atoms with Gasteiger partial charge in [-0.15, -0.1) is 0 Å². The maximum atomic E-state index is 13.0. The van der Waals surface area contributed by atoms with Gasteiger partial charge < -0.3 is 19.7 Å². The van der Waals surface area contributed by atoms with Crippen LogP contribution >= 0.6 is 0 Å². The zero-order valence-corrected chi connectivity index (χ0v) is 19.6. The fraction of sp³-hybridized carbons (Fsp3) is 0.429. The number of piperidine rings is 1. The molecule has 0 spiro atoms. The van der Waals surface area contributed by atoms with Gasteiger partial charge in [-0.05, 0) is 67.7 Å². The predicted octanol–water partition coefficient (Wildman–Crippen LogP) is 4.37. The summed E-state index contributed by atoms with van der Waals surface area (Å²) in [6.45, 7) is 6.46. The lowest BCUT2D eigenvalue weighted by molar-refractivity contribution is -0.126. The molecule has 2 amide bonds. The van der Waals surface area contributed by atoms with Crippen molar-refractivity contribution in [1.29, 1.82) is 0 Å². The Morgan fingerprint density at radius 2 is 1.79 bits per heavy atom. The number of aryl methyl sites for hydroxylation is 1. The monoisotopic (exact) mass is 460 g/mol. The molecule has 6 nitrogen and oxygen atoms in total. The zero-order chi connectivity index (χ0) is 23.5. The van der Waals surface area contributed by atoms with E-state index < -0.39 is 6.04 Å². The molecule has 2 saturated heterocycles. The molecule has 6 heteroatoms. The Kier molecular flexibility index (Phi) is 6.68. The number of nitrogens with one attached hydrogen (secondary N) is 1. The molecule has 1 unspecified atom stereocenters. The van der Waals surface area contributed by atoms with E-state index in [1.165, 1.54) is 24.8 Å². The minimum atomic E-state index is -0.466. The van der Waals surface area contributed by atoms with Crippen molar-refractivity contribution < 1.29 is 19.1 Å². The number of allylic oxidation sites excluding steroid dienone is 1. The molecule has 178 valence electrons. The highest BCUT2D eigenvalue weighted by Crippen LogP contribution is 2.34. The van der Waals surface area contributed by atoms with Gasteiger partial charge in [0, 0.05) is 30.0 Å². The Morgan fingerprint density at radius 3 is 2.56 bits per heavy atom. The lowest BCUT2D eigenvalue weighted by Crippen LogP contribution is -2.49. The smallest absolute Gasteiger partial charge is 0.255 e. The minimum absolute atomic E-state index is 0.109. The van der Waals surface area contributed by atoms with Crippen LogP contribution in [0.4, 0.5) is 0 Å². The summed E-state index contributed by atoms with van der Waals surface area (Å²) < 4.78 is 11.6. The summed E-state index contributed by atoms with van der Waals surface area (Å²) in [5.41, 5.74) is 4.64. The van der Waals surface area contributed by atoms with Crippen LogP contribution in [0.5, 0.6) is 5.75 Å². The quantitative estimate of drug-likeness (QED) is 0.666. The van der Waals surface area contributed by atoms with Crippen LogP contribution in [0.25, 0.3) is 0 Å². The number of ether oxygens (including phenoxy) is 2. The molecule has 3 aliphatic heterocycles. The maximum Gasteiger partial charge on any atom is 0.255 e. The van der Waals surface area contributed by atoms with E-state index in [9.17, 15) is 9.59 Å². The lowest BCUT2D eigenvalue weighted by atomic mass is 9.93. The van der Waals surface area contributed by atoms with E-state index in [1.807, 2.05) is 18.2 Å². The second-order valence-electron chi connectivity index (χ2n) is 9.56. The largest absolute Gasteiger partial charge is 0.489 e. The fourth-order valence-corrected chi connectivity index (χ4v) is 5.14. The van der Waals surface area contributed by atoms with Gasteiger partial charge in [0.15, 0.2) is 0 Å². The molecule has 0 radical (unpaired) electrons. The summed E-state index contributed by atoms with van der Waals surface area (Å²) in [7, 11) is 0. The number of carbonyl (C=O) groups excluding carboxylic acids is 2. The van der Waals surface area contributed by atoms with Crippen molar-refractivity contribution in [3.63, 3.8) is 0 Å². The fourth-order valence-electron chi connectivity index (χ4n) is 5.14. The maximum absolute atomic E-state index is 13.0. The van der Waals surface area contributed by atoms with Crippen LogP contribution in [0.1, 0.15) is 59.2 Å². The zero-order valence-electron chi connectivity index (χ0n) is 19.6. The number of benzene rings is 2. The Hall–Kier alpha value is -3.12. The third-order valence-corrected chi connectivity index (χ3v) is 7.25. The number of hydrogen-bond donors (Lipinski definition) is 1. The average Bonchev–Trinajstić information content (AvgIpc) is 3.19. The number of nitrogens with zero attached hydrogens (tertiary/aromatic N) is 1. The average molecular weight is 461 g/mol. The van der Waals surface area contributed by atoms with Crippen LogP contribution in [-0.4, -0.2) is 36.0 Å². The first-order chi connectivity index (χ1) is 16.6. The van der Waals surface area contributed by atoms with Gasteiger partial charge in [-0.25, -0.2) is 0 Å². The molecule has 3 heterocycles. The minimum Gasteiger partial charge on any atom is -0.489 e. The van der Waals surface area contributed by atoms with Gasteiger partial charge in [0.05, 0.1) is 6.54 Å². The van der Waals surface area contributed by atoms with Crippen LogP contribution in [0.2, 0.25) is 0 Å². The van der Waals surface area contributed by atoms with Crippen molar-refractivity contribution in [2.75, 3.05) is 13.2 Å².